The Bertz CT molecular complexity index is 796. The fourth-order valence-electron chi connectivity index (χ4n) is 4.28. The summed E-state index contributed by atoms with van der Waals surface area (Å²) in [6.07, 6.45) is 3.99. The van der Waals surface area contributed by atoms with Crippen molar-refractivity contribution < 1.29 is 9.53 Å². The molecule has 1 atom stereocenters. The molecule has 2 aliphatic rings. The van der Waals surface area contributed by atoms with Crippen molar-refractivity contribution in [1.29, 1.82) is 0 Å². The summed E-state index contributed by atoms with van der Waals surface area (Å²) >= 11 is 0. The summed E-state index contributed by atoms with van der Waals surface area (Å²) in [6.45, 7) is 6.42. The molecule has 1 aromatic carbocycles. The van der Waals surface area contributed by atoms with Gasteiger partial charge in [-0.2, -0.15) is 5.10 Å². The first-order chi connectivity index (χ1) is 13.8. The lowest BCUT2D eigenvalue weighted by molar-refractivity contribution is 0.0297. The van der Waals surface area contributed by atoms with Crippen LogP contribution in [0.3, 0.4) is 0 Å². The minimum absolute atomic E-state index is 0.0664. The summed E-state index contributed by atoms with van der Waals surface area (Å²) in [7, 11) is 0. The zero-order valence-electron chi connectivity index (χ0n) is 16.7. The number of nitrogens with zero attached hydrogens (tertiary/aromatic N) is 3. The van der Waals surface area contributed by atoms with Gasteiger partial charge in [0.1, 0.15) is 0 Å². The van der Waals surface area contributed by atoms with Gasteiger partial charge in [0.2, 0.25) is 0 Å². The van der Waals surface area contributed by atoms with Gasteiger partial charge in [-0.1, -0.05) is 30.3 Å². The maximum absolute atomic E-state index is 13.1. The highest BCUT2D eigenvalue weighted by Gasteiger charge is 2.31. The summed E-state index contributed by atoms with van der Waals surface area (Å²) in [6, 6.07) is 11.0. The molecule has 28 heavy (non-hydrogen) atoms. The number of ether oxygens (including phenoxy) is 1. The Kier molecular flexibility index (Phi) is 6.07. The van der Waals surface area contributed by atoms with E-state index in [9.17, 15) is 4.79 Å². The lowest BCUT2D eigenvalue weighted by Crippen LogP contribution is -2.42. The molecule has 1 aliphatic carbocycles. The highest BCUT2D eigenvalue weighted by molar-refractivity contribution is 5.94. The van der Waals surface area contributed by atoms with Crippen LogP contribution in [0.15, 0.2) is 30.3 Å². The minimum Gasteiger partial charge on any atom is -0.378 e. The zero-order valence-corrected chi connectivity index (χ0v) is 16.7. The Hall–Kier alpha value is -2.18. The van der Waals surface area contributed by atoms with Gasteiger partial charge in [0.25, 0.3) is 5.91 Å². The van der Waals surface area contributed by atoms with E-state index in [1.807, 2.05) is 9.58 Å². The first-order valence-corrected chi connectivity index (χ1v) is 10.5. The van der Waals surface area contributed by atoms with E-state index in [1.54, 1.807) is 0 Å². The highest BCUT2D eigenvalue weighted by atomic mass is 16.5. The van der Waals surface area contributed by atoms with Crippen molar-refractivity contribution in [3.8, 4) is 0 Å². The topological polar surface area (TPSA) is 59.4 Å². The van der Waals surface area contributed by atoms with E-state index in [0.717, 1.165) is 44.3 Å². The van der Waals surface area contributed by atoms with Gasteiger partial charge < -0.3 is 15.0 Å². The van der Waals surface area contributed by atoms with Crippen LogP contribution in [0.1, 0.15) is 40.7 Å². The van der Waals surface area contributed by atoms with Gasteiger partial charge in [-0.25, -0.2) is 0 Å². The average molecular weight is 383 g/mol. The molecule has 2 aromatic rings. The third-order valence-corrected chi connectivity index (χ3v) is 5.84. The summed E-state index contributed by atoms with van der Waals surface area (Å²) < 4.78 is 7.42. The molecule has 1 fully saturated rings. The molecule has 1 saturated heterocycles. The largest absolute Gasteiger partial charge is 0.378 e. The zero-order chi connectivity index (χ0) is 19.3. The van der Waals surface area contributed by atoms with Crippen molar-refractivity contribution >= 4 is 5.91 Å². The van der Waals surface area contributed by atoms with Crippen LogP contribution >= 0.6 is 0 Å². The maximum atomic E-state index is 13.1. The number of carbonyl (C=O) groups is 1. The van der Waals surface area contributed by atoms with Gasteiger partial charge in [-0.3, -0.25) is 9.48 Å². The van der Waals surface area contributed by atoms with Crippen LogP contribution in [0.2, 0.25) is 0 Å². The molecule has 0 bridgehead atoms. The van der Waals surface area contributed by atoms with E-state index in [-0.39, 0.29) is 5.91 Å². The lowest BCUT2D eigenvalue weighted by atomic mass is 9.91. The summed E-state index contributed by atoms with van der Waals surface area (Å²) in [5.41, 5.74) is 4.42. The molecule has 150 valence electrons. The Morgan fingerprint density at radius 3 is 2.79 bits per heavy atom. The van der Waals surface area contributed by atoms with Crippen molar-refractivity contribution in [1.82, 2.24) is 20.0 Å². The van der Waals surface area contributed by atoms with E-state index < -0.39 is 0 Å². The van der Waals surface area contributed by atoms with Crippen molar-refractivity contribution in [2.75, 3.05) is 32.8 Å². The first kappa shape index (κ1) is 19.2. The van der Waals surface area contributed by atoms with Crippen molar-refractivity contribution in [2.24, 2.45) is 0 Å². The van der Waals surface area contributed by atoms with E-state index in [1.165, 1.54) is 11.3 Å². The number of aryl methyl sites for hydroxylation is 1. The normalized spacial score (nSPS) is 19.5. The second-order valence-electron chi connectivity index (χ2n) is 7.62. The third kappa shape index (κ3) is 4.13. The quantitative estimate of drug-likeness (QED) is 0.831. The third-order valence-electron chi connectivity index (χ3n) is 5.84. The molecule has 6 nitrogen and oxygen atoms in total. The predicted octanol–water partition coefficient (Wildman–Crippen LogP) is 2.06. The van der Waals surface area contributed by atoms with Gasteiger partial charge in [-0.05, 0) is 44.7 Å². The van der Waals surface area contributed by atoms with Crippen LogP contribution in [0.25, 0.3) is 0 Å². The van der Waals surface area contributed by atoms with Crippen molar-refractivity contribution in [3.05, 3.63) is 52.8 Å². The van der Waals surface area contributed by atoms with Crippen LogP contribution in [0.5, 0.6) is 0 Å². The Balaban J connectivity index is 1.44. The molecule has 1 aliphatic heterocycles. The molecule has 1 amide bonds. The number of carbonyl (C=O) groups excluding carboxylic acids is 1. The van der Waals surface area contributed by atoms with E-state index in [0.29, 0.717) is 38.0 Å². The molecule has 1 unspecified atom stereocenters. The fourth-order valence-corrected chi connectivity index (χ4v) is 4.28. The molecule has 1 aromatic heterocycles. The second-order valence-corrected chi connectivity index (χ2v) is 7.62. The smallest absolute Gasteiger partial charge is 0.274 e. The standard InChI is InChI=1S/C22H30N4O2/c1-2-26-20-9-8-18(23-11-10-17-6-4-3-5-7-17)16-19(20)21(24-26)22(27)25-12-14-28-15-13-25/h3-7,18,23H,2,8-16H2,1H3. The monoisotopic (exact) mass is 382 g/mol. The number of rotatable bonds is 6. The lowest BCUT2D eigenvalue weighted by Gasteiger charge is -2.28. The van der Waals surface area contributed by atoms with Crippen LogP contribution in [0, 0.1) is 0 Å². The van der Waals surface area contributed by atoms with E-state index in [2.05, 4.69) is 42.6 Å². The number of benzene rings is 1. The SMILES string of the molecule is CCn1nc(C(=O)N2CCOCC2)c2c1CCC(NCCc1ccccc1)C2. The molecular weight excluding hydrogens is 352 g/mol. The molecule has 6 heteroatoms. The minimum atomic E-state index is 0.0664. The fraction of sp³-hybridized carbons (Fsp3) is 0.545. The molecule has 0 radical (unpaired) electrons. The summed E-state index contributed by atoms with van der Waals surface area (Å²) in [5.74, 6) is 0.0664. The van der Waals surface area contributed by atoms with E-state index in [4.69, 9.17) is 9.84 Å². The Morgan fingerprint density at radius 1 is 1.25 bits per heavy atom. The second kappa shape index (κ2) is 8.88. The predicted molar refractivity (Wildman–Crippen MR) is 109 cm³/mol. The highest BCUT2D eigenvalue weighted by Crippen LogP contribution is 2.26. The number of hydrogen-bond donors (Lipinski definition) is 1. The number of amides is 1. The Morgan fingerprint density at radius 2 is 2.04 bits per heavy atom. The van der Waals surface area contributed by atoms with Crippen LogP contribution in [-0.4, -0.2) is 59.5 Å². The molecule has 2 heterocycles. The van der Waals surface area contributed by atoms with Gasteiger partial charge in [0.15, 0.2) is 5.69 Å². The van der Waals surface area contributed by atoms with Crippen LogP contribution in [-0.2, 0) is 30.5 Å². The molecule has 4 rings (SSSR count). The van der Waals surface area contributed by atoms with E-state index >= 15 is 0 Å². The number of nitrogens with one attached hydrogen (secondary N) is 1. The maximum Gasteiger partial charge on any atom is 0.274 e. The molecule has 0 spiro atoms. The molecular formula is C22H30N4O2. The molecule has 0 saturated carbocycles. The number of hydrogen-bond acceptors (Lipinski definition) is 4. The number of aromatic nitrogens is 2. The summed E-state index contributed by atoms with van der Waals surface area (Å²) in [5, 5.41) is 8.41. The number of fused-ring (bicyclic) bond motifs is 1. The first-order valence-electron chi connectivity index (χ1n) is 10.5. The van der Waals surface area contributed by atoms with Crippen molar-refractivity contribution in [2.45, 2.75) is 45.2 Å². The van der Waals surface area contributed by atoms with Gasteiger partial charge in [0, 0.05) is 36.9 Å². The van der Waals surface area contributed by atoms with Crippen molar-refractivity contribution in [3.63, 3.8) is 0 Å². The van der Waals surface area contributed by atoms with Gasteiger partial charge >= 0.3 is 0 Å². The summed E-state index contributed by atoms with van der Waals surface area (Å²) in [4.78, 5) is 15.0. The average Bonchev–Trinajstić information content (AvgIpc) is 3.12. The van der Waals surface area contributed by atoms with Crippen LogP contribution < -0.4 is 5.32 Å². The number of morpholine rings is 1. The van der Waals surface area contributed by atoms with Gasteiger partial charge in [0.05, 0.1) is 13.2 Å². The van der Waals surface area contributed by atoms with Crippen LogP contribution in [0.4, 0.5) is 0 Å². The van der Waals surface area contributed by atoms with Gasteiger partial charge in [-0.15, -0.1) is 0 Å². The Labute approximate surface area is 166 Å². The molecule has 1 N–H and O–H groups in total.